The molecule has 0 aliphatic rings. The lowest BCUT2D eigenvalue weighted by molar-refractivity contribution is -0.119. The summed E-state index contributed by atoms with van der Waals surface area (Å²) in [7, 11) is 1.60. The van der Waals surface area contributed by atoms with E-state index < -0.39 is 0 Å². The van der Waals surface area contributed by atoms with E-state index in [0.29, 0.717) is 11.5 Å². The zero-order valence-corrected chi connectivity index (χ0v) is 10.8. The van der Waals surface area contributed by atoms with Crippen LogP contribution in [0.3, 0.4) is 0 Å². The van der Waals surface area contributed by atoms with Crippen LogP contribution in [0.1, 0.15) is 19.8 Å². The van der Waals surface area contributed by atoms with Crippen molar-refractivity contribution in [2.75, 3.05) is 12.4 Å². The minimum atomic E-state index is -0.0760. The quantitative estimate of drug-likeness (QED) is 0.807. The summed E-state index contributed by atoms with van der Waals surface area (Å²) < 4.78 is 5.09. The molecule has 0 radical (unpaired) electrons. The van der Waals surface area contributed by atoms with Crippen molar-refractivity contribution in [3.63, 3.8) is 0 Å². The van der Waals surface area contributed by atoms with Crippen molar-refractivity contribution in [3.05, 3.63) is 24.3 Å². The lowest BCUT2D eigenvalue weighted by atomic mass is 10.3. The number of hydrogen-bond acceptors (Lipinski definition) is 3. The molecule has 0 aliphatic heterocycles. The van der Waals surface area contributed by atoms with Gasteiger partial charge in [-0.3, -0.25) is 4.79 Å². The molecule has 1 amide bonds. The molecule has 0 unspecified atom stereocenters. The topological polar surface area (TPSA) is 50.4 Å². The summed E-state index contributed by atoms with van der Waals surface area (Å²) in [5, 5.41) is 5.84. The van der Waals surface area contributed by atoms with Crippen LogP contribution in [0.15, 0.2) is 24.3 Å². The van der Waals surface area contributed by atoms with Gasteiger partial charge in [0.15, 0.2) is 5.11 Å². The number of benzene rings is 1. The minimum absolute atomic E-state index is 0.0760. The van der Waals surface area contributed by atoms with Gasteiger partial charge in [0.2, 0.25) is 5.91 Å². The summed E-state index contributed by atoms with van der Waals surface area (Å²) in [6.45, 7) is 1.94. The molecular weight excluding hydrogens is 236 g/mol. The Morgan fingerprint density at radius 2 is 2.24 bits per heavy atom. The second-order valence-electron chi connectivity index (χ2n) is 3.48. The summed E-state index contributed by atoms with van der Waals surface area (Å²) in [4.78, 5) is 11.3. The third kappa shape index (κ3) is 4.82. The van der Waals surface area contributed by atoms with Gasteiger partial charge in [-0.25, -0.2) is 0 Å². The average molecular weight is 252 g/mol. The Balaban J connectivity index is 2.52. The Bertz CT molecular complexity index is 407. The number of ether oxygens (including phenoxy) is 1. The van der Waals surface area contributed by atoms with Gasteiger partial charge in [0.25, 0.3) is 0 Å². The maximum atomic E-state index is 11.3. The standard InChI is InChI=1S/C12H16N2O2S/c1-3-5-11(15)14-12(17)13-9-6-4-7-10(8-9)16-2/h4,6-8H,3,5H2,1-2H3,(H2,13,14,15,17). The summed E-state index contributed by atoms with van der Waals surface area (Å²) in [5.41, 5.74) is 0.783. The number of nitrogens with one attached hydrogen (secondary N) is 2. The van der Waals surface area contributed by atoms with Crippen LogP contribution in [0.25, 0.3) is 0 Å². The first-order chi connectivity index (χ1) is 8.15. The number of anilines is 1. The Labute approximate surface area is 106 Å². The second-order valence-corrected chi connectivity index (χ2v) is 3.89. The molecule has 0 saturated heterocycles. The smallest absolute Gasteiger partial charge is 0.226 e. The maximum Gasteiger partial charge on any atom is 0.226 e. The minimum Gasteiger partial charge on any atom is -0.497 e. The molecule has 17 heavy (non-hydrogen) atoms. The van der Waals surface area contributed by atoms with Crippen LogP contribution in [0.2, 0.25) is 0 Å². The van der Waals surface area contributed by atoms with Crippen molar-refractivity contribution in [2.24, 2.45) is 0 Å². The van der Waals surface area contributed by atoms with Crippen LogP contribution in [-0.4, -0.2) is 18.1 Å². The van der Waals surface area contributed by atoms with E-state index in [1.165, 1.54) is 0 Å². The van der Waals surface area contributed by atoms with Crippen molar-refractivity contribution in [1.82, 2.24) is 5.32 Å². The molecule has 4 nitrogen and oxygen atoms in total. The lowest BCUT2D eigenvalue weighted by Gasteiger charge is -2.10. The second kappa shape index (κ2) is 6.85. The van der Waals surface area contributed by atoms with E-state index in [0.717, 1.165) is 17.9 Å². The molecular formula is C12H16N2O2S. The molecule has 92 valence electrons. The fourth-order valence-electron chi connectivity index (χ4n) is 1.28. The van der Waals surface area contributed by atoms with E-state index in [1.54, 1.807) is 13.2 Å². The Kier molecular flexibility index (Phi) is 5.42. The Morgan fingerprint density at radius 3 is 2.88 bits per heavy atom. The number of methoxy groups -OCH3 is 1. The van der Waals surface area contributed by atoms with Crippen molar-refractivity contribution in [1.29, 1.82) is 0 Å². The van der Waals surface area contributed by atoms with Crippen LogP contribution >= 0.6 is 12.2 Å². The molecule has 0 bridgehead atoms. The number of hydrogen-bond donors (Lipinski definition) is 2. The SMILES string of the molecule is CCCC(=O)NC(=S)Nc1cccc(OC)c1. The molecule has 1 aromatic carbocycles. The van der Waals surface area contributed by atoms with E-state index in [9.17, 15) is 4.79 Å². The van der Waals surface area contributed by atoms with E-state index >= 15 is 0 Å². The molecule has 5 heteroatoms. The average Bonchev–Trinajstić information content (AvgIpc) is 2.29. The van der Waals surface area contributed by atoms with Crippen molar-refractivity contribution >= 4 is 28.9 Å². The van der Waals surface area contributed by atoms with Crippen LogP contribution in [0.4, 0.5) is 5.69 Å². The van der Waals surface area contributed by atoms with Crippen molar-refractivity contribution < 1.29 is 9.53 Å². The van der Waals surface area contributed by atoms with Gasteiger partial charge in [-0.15, -0.1) is 0 Å². The predicted molar refractivity (Wildman–Crippen MR) is 72.3 cm³/mol. The molecule has 0 spiro atoms. The van der Waals surface area contributed by atoms with Gasteiger partial charge >= 0.3 is 0 Å². The molecule has 0 aromatic heterocycles. The van der Waals surface area contributed by atoms with E-state index in [2.05, 4.69) is 10.6 Å². The number of carbonyl (C=O) groups excluding carboxylic acids is 1. The van der Waals surface area contributed by atoms with Gasteiger partial charge in [-0.2, -0.15) is 0 Å². The van der Waals surface area contributed by atoms with Crippen molar-refractivity contribution in [3.8, 4) is 5.75 Å². The predicted octanol–water partition coefficient (Wildman–Crippen LogP) is 2.31. The molecule has 0 heterocycles. The molecule has 1 rings (SSSR count). The highest BCUT2D eigenvalue weighted by atomic mass is 32.1. The fourth-order valence-corrected chi connectivity index (χ4v) is 1.51. The zero-order chi connectivity index (χ0) is 12.7. The van der Waals surface area contributed by atoms with Gasteiger partial charge < -0.3 is 15.4 Å². The summed E-state index contributed by atoms with van der Waals surface area (Å²) in [5.74, 6) is 0.658. The van der Waals surface area contributed by atoms with Crippen LogP contribution in [0.5, 0.6) is 5.75 Å². The molecule has 0 saturated carbocycles. The fraction of sp³-hybridized carbons (Fsp3) is 0.333. The summed E-state index contributed by atoms with van der Waals surface area (Å²) in [6.07, 6.45) is 1.27. The molecule has 0 aliphatic carbocycles. The first-order valence-corrected chi connectivity index (χ1v) is 5.81. The number of amides is 1. The Morgan fingerprint density at radius 1 is 1.47 bits per heavy atom. The third-order valence-electron chi connectivity index (χ3n) is 2.06. The highest BCUT2D eigenvalue weighted by Gasteiger charge is 2.03. The first kappa shape index (κ1) is 13.4. The number of thiocarbonyl (C=S) groups is 1. The van der Waals surface area contributed by atoms with Gasteiger partial charge in [-0.05, 0) is 30.8 Å². The van der Waals surface area contributed by atoms with Crippen LogP contribution in [0, 0.1) is 0 Å². The van der Waals surface area contributed by atoms with E-state index in [-0.39, 0.29) is 5.91 Å². The van der Waals surface area contributed by atoms with E-state index in [4.69, 9.17) is 17.0 Å². The van der Waals surface area contributed by atoms with E-state index in [1.807, 2.05) is 25.1 Å². The third-order valence-corrected chi connectivity index (χ3v) is 2.26. The lowest BCUT2D eigenvalue weighted by Crippen LogP contribution is -2.33. The molecule has 0 fully saturated rings. The molecule has 2 N–H and O–H groups in total. The maximum absolute atomic E-state index is 11.3. The number of rotatable bonds is 4. The summed E-state index contributed by atoms with van der Waals surface area (Å²) in [6, 6.07) is 7.33. The monoisotopic (exact) mass is 252 g/mol. The first-order valence-electron chi connectivity index (χ1n) is 5.40. The van der Waals surface area contributed by atoms with Gasteiger partial charge in [0.05, 0.1) is 7.11 Å². The zero-order valence-electron chi connectivity index (χ0n) is 9.95. The highest BCUT2D eigenvalue weighted by molar-refractivity contribution is 7.80. The summed E-state index contributed by atoms with van der Waals surface area (Å²) >= 11 is 5.02. The number of carbonyl (C=O) groups is 1. The van der Waals surface area contributed by atoms with Gasteiger partial charge in [0.1, 0.15) is 5.75 Å². The largest absolute Gasteiger partial charge is 0.497 e. The van der Waals surface area contributed by atoms with Crippen LogP contribution in [-0.2, 0) is 4.79 Å². The van der Waals surface area contributed by atoms with Gasteiger partial charge in [-0.1, -0.05) is 13.0 Å². The molecule has 1 aromatic rings. The molecule has 0 atom stereocenters. The Hall–Kier alpha value is -1.62. The normalized spacial score (nSPS) is 9.53. The van der Waals surface area contributed by atoms with Gasteiger partial charge in [0, 0.05) is 18.2 Å². The van der Waals surface area contributed by atoms with Crippen molar-refractivity contribution in [2.45, 2.75) is 19.8 Å². The van der Waals surface area contributed by atoms with Crippen LogP contribution < -0.4 is 15.4 Å². The highest BCUT2D eigenvalue weighted by Crippen LogP contribution is 2.16.